The number of nitrogens with one attached hydrogen (secondary N) is 3. The fourth-order valence-corrected chi connectivity index (χ4v) is 2.82. The average Bonchev–Trinajstić information content (AvgIpc) is 2.66. The second kappa shape index (κ2) is 12.7. The number of hydrogen-bond acceptors (Lipinski definition) is 6. The number of alkyl carbamates (subject to hydrolysis) is 2. The van der Waals surface area contributed by atoms with Gasteiger partial charge in [0.05, 0.1) is 5.88 Å². The largest absolute Gasteiger partial charge is 0.445 e. The summed E-state index contributed by atoms with van der Waals surface area (Å²) >= 11 is 1.26. The molecule has 0 aliphatic heterocycles. The van der Waals surface area contributed by atoms with Gasteiger partial charge in [0.25, 0.3) is 0 Å². The van der Waals surface area contributed by atoms with Crippen LogP contribution in [0, 0.1) is 0 Å². The van der Waals surface area contributed by atoms with Gasteiger partial charge in [-0.25, -0.2) is 9.59 Å². The first-order valence-corrected chi connectivity index (χ1v) is 10.3. The van der Waals surface area contributed by atoms with Crippen LogP contribution in [0.5, 0.6) is 0 Å². The van der Waals surface area contributed by atoms with E-state index >= 15 is 0 Å². The van der Waals surface area contributed by atoms with Gasteiger partial charge in [0.1, 0.15) is 18.2 Å². The lowest BCUT2D eigenvalue weighted by Crippen LogP contribution is -2.49. The minimum absolute atomic E-state index is 0.112. The summed E-state index contributed by atoms with van der Waals surface area (Å²) in [6.45, 7) is 9.13. The summed E-state index contributed by atoms with van der Waals surface area (Å²) in [4.78, 5) is 36.1. The molecule has 0 fully saturated rings. The van der Waals surface area contributed by atoms with Crippen LogP contribution in [0.25, 0.3) is 0 Å². The lowest BCUT2D eigenvalue weighted by atomic mass is 10.2. The predicted molar refractivity (Wildman–Crippen MR) is 113 cm³/mol. The smallest absolute Gasteiger partial charge is 0.408 e. The van der Waals surface area contributed by atoms with Crippen molar-refractivity contribution in [3.8, 4) is 0 Å². The molecule has 0 bridgehead atoms. The van der Waals surface area contributed by atoms with E-state index in [4.69, 9.17) is 9.47 Å². The molecule has 8 nitrogen and oxygen atoms in total. The van der Waals surface area contributed by atoms with E-state index in [1.807, 2.05) is 30.3 Å². The van der Waals surface area contributed by atoms with E-state index in [2.05, 4.69) is 22.5 Å². The zero-order chi connectivity index (χ0) is 21.7. The molecule has 3 N–H and O–H groups in total. The summed E-state index contributed by atoms with van der Waals surface area (Å²) < 4.78 is 10.0. The Morgan fingerprint density at radius 1 is 1.14 bits per heavy atom. The molecule has 9 heteroatoms. The molecule has 1 aromatic rings. The van der Waals surface area contributed by atoms with E-state index in [1.165, 1.54) is 17.8 Å². The van der Waals surface area contributed by atoms with Crippen LogP contribution in [-0.2, 0) is 20.8 Å². The molecule has 1 unspecified atom stereocenters. The Kier molecular flexibility index (Phi) is 10.7. The topological polar surface area (TPSA) is 106 Å². The van der Waals surface area contributed by atoms with Crippen molar-refractivity contribution in [3.63, 3.8) is 0 Å². The highest BCUT2D eigenvalue weighted by atomic mass is 32.2. The SMILES string of the molecule is C=CCOC(=O)NCSCC(NC(=O)OC(C)(C)C)C(=O)NCc1ccccc1. The van der Waals surface area contributed by atoms with Crippen LogP contribution in [0.15, 0.2) is 43.0 Å². The summed E-state index contributed by atoms with van der Waals surface area (Å²) in [5.41, 5.74) is 0.259. The van der Waals surface area contributed by atoms with Crippen LogP contribution in [0.3, 0.4) is 0 Å². The van der Waals surface area contributed by atoms with Crippen molar-refractivity contribution in [1.29, 1.82) is 0 Å². The molecule has 29 heavy (non-hydrogen) atoms. The number of ether oxygens (including phenoxy) is 2. The summed E-state index contributed by atoms with van der Waals surface area (Å²) in [6, 6.07) is 8.61. The standard InChI is InChI=1S/C20H29N3O5S/c1-5-11-27-18(25)22-14-29-13-16(23-19(26)28-20(2,3)4)17(24)21-12-15-9-7-6-8-10-15/h5-10,16H,1,11-14H2,2-4H3,(H,21,24)(H,22,25)(H,23,26). The lowest BCUT2D eigenvalue weighted by Gasteiger charge is -2.23. The van der Waals surface area contributed by atoms with Crippen LogP contribution in [0.4, 0.5) is 9.59 Å². The van der Waals surface area contributed by atoms with Crippen molar-refractivity contribution in [3.05, 3.63) is 48.6 Å². The van der Waals surface area contributed by atoms with E-state index < -0.39 is 23.8 Å². The maximum absolute atomic E-state index is 12.6. The Bertz CT molecular complexity index is 676. The molecule has 1 atom stereocenters. The Hall–Kier alpha value is -2.68. The van der Waals surface area contributed by atoms with Gasteiger partial charge in [-0.1, -0.05) is 43.0 Å². The van der Waals surface area contributed by atoms with Gasteiger partial charge in [-0.3, -0.25) is 4.79 Å². The second-order valence-electron chi connectivity index (χ2n) is 6.98. The first-order chi connectivity index (χ1) is 13.7. The monoisotopic (exact) mass is 423 g/mol. The molecule has 1 aromatic carbocycles. The molecule has 0 saturated carbocycles. The molecular formula is C20H29N3O5S. The molecule has 0 aliphatic carbocycles. The highest BCUT2D eigenvalue weighted by Crippen LogP contribution is 2.08. The first-order valence-electron chi connectivity index (χ1n) is 9.11. The van der Waals surface area contributed by atoms with Gasteiger partial charge in [0.2, 0.25) is 5.91 Å². The molecular weight excluding hydrogens is 394 g/mol. The maximum atomic E-state index is 12.6. The van der Waals surface area contributed by atoms with Crippen LogP contribution < -0.4 is 16.0 Å². The van der Waals surface area contributed by atoms with Gasteiger partial charge >= 0.3 is 12.2 Å². The molecule has 0 radical (unpaired) electrons. The summed E-state index contributed by atoms with van der Waals surface area (Å²) in [7, 11) is 0. The first kappa shape index (κ1) is 24.4. The van der Waals surface area contributed by atoms with Crippen molar-refractivity contribution >= 4 is 29.9 Å². The Morgan fingerprint density at radius 2 is 1.83 bits per heavy atom. The molecule has 0 aromatic heterocycles. The van der Waals surface area contributed by atoms with Crippen molar-refractivity contribution in [2.75, 3.05) is 18.2 Å². The number of hydrogen-bond donors (Lipinski definition) is 3. The average molecular weight is 424 g/mol. The highest BCUT2D eigenvalue weighted by molar-refractivity contribution is 7.99. The summed E-state index contributed by atoms with van der Waals surface area (Å²) in [5.74, 6) is 0.109. The second-order valence-corrected chi connectivity index (χ2v) is 8.01. The third kappa shape index (κ3) is 11.7. The van der Waals surface area contributed by atoms with Gasteiger partial charge < -0.3 is 25.4 Å². The molecule has 3 amide bonds. The lowest BCUT2D eigenvalue weighted by molar-refractivity contribution is -0.122. The number of rotatable bonds is 10. The maximum Gasteiger partial charge on any atom is 0.408 e. The van der Waals surface area contributed by atoms with E-state index in [0.29, 0.717) is 6.54 Å². The molecule has 0 saturated heterocycles. The molecule has 1 rings (SSSR count). The number of thioether (sulfide) groups is 1. The number of amides is 3. The Labute approximate surface area is 175 Å². The van der Waals surface area contributed by atoms with Crippen molar-refractivity contribution in [2.24, 2.45) is 0 Å². The van der Waals surface area contributed by atoms with E-state index in [1.54, 1.807) is 20.8 Å². The van der Waals surface area contributed by atoms with Crippen molar-refractivity contribution in [2.45, 2.75) is 39.0 Å². The fraction of sp³-hybridized carbons (Fsp3) is 0.450. The number of carbonyl (C=O) groups excluding carboxylic acids is 3. The molecule has 0 aliphatic rings. The molecule has 0 spiro atoms. The minimum Gasteiger partial charge on any atom is -0.445 e. The van der Waals surface area contributed by atoms with Gasteiger partial charge in [-0.15, -0.1) is 11.8 Å². The zero-order valence-corrected chi connectivity index (χ0v) is 17.8. The van der Waals surface area contributed by atoms with Gasteiger partial charge in [0, 0.05) is 12.3 Å². The quantitative estimate of drug-likeness (QED) is 0.304. The van der Waals surface area contributed by atoms with Crippen LogP contribution >= 0.6 is 11.8 Å². The minimum atomic E-state index is -0.829. The number of carbonyl (C=O) groups is 3. The predicted octanol–water partition coefficient (Wildman–Crippen LogP) is 2.80. The third-order valence-electron chi connectivity index (χ3n) is 3.25. The Morgan fingerprint density at radius 3 is 2.45 bits per heavy atom. The van der Waals surface area contributed by atoms with Gasteiger partial charge in [0.15, 0.2) is 0 Å². The molecule has 0 heterocycles. The van der Waals surface area contributed by atoms with Crippen LogP contribution in [0.2, 0.25) is 0 Å². The highest BCUT2D eigenvalue weighted by Gasteiger charge is 2.24. The van der Waals surface area contributed by atoms with Gasteiger partial charge in [-0.05, 0) is 26.3 Å². The summed E-state index contributed by atoms with van der Waals surface area (Å²) in [6.07, 6.45) is 0.198. The van der Waals surface area contributed by atoms with Crippen molar-refractivity contribution in [1.82, 2.24) is 16.0 Å². The molecule has 160 valence electrons. The fourth-order valence-electron chi connectivity index (χ4n) is 2.01. The van der Waals surface area contributed by atoms with Crippen LogP contribution in [-0.4, -0.2) is 48.0 Å². The van der Waals surface area contributed by atoms with Crippen molar-refractivity contribution < 1.29 is 23.9 Å². The number of benzene rings is 1. The van der Waals surface area contributed by atoms with E-state index in [9.17, 15) is 14.4 Å². The normalized spacial score (nSPS) is 11.7. The van der Waals surface area contributed by atoms with Gasteiger partial charge in [-0.2, -0.15) is 0 Å². The van der Waals surface area contributed by atoms with E-state index in [0.717, 1.165) is 5.56 Å². The van der Waals surface area contributed by atoms with E-state index in [-0.39, 0.29) is 24.1 Å². The third-order valence-corrected chi connectivity index (χ3v) is 4.17. The Balaban J connectivity index is 2.57. The summed E-state index contributed by atoms with van der Waals surface area (Å²) in [5, 5.41) is 7.92. The van der Waals surface area contributed by atoms with Crippen LogP contribution in [0.1, 0.15) is 26.3 Å². The zero-order valence-electron chi connectivity index (χ0n) is 17.0.